The van der Waals surface area contributed by atoms with Crippen molar-refractivity contribution in [1.29, 1.82) is 0 Å². The molecule has 65 heavy (non-hydrogen) atoms. The molecule has 3 N–H and O–H groups in total. The molecule has 5 aromatic carbocycles. The van der Waals surface area contributed by atoms with Gasteiger partial charge in [-0.05, 0) is 122 Å². The maximum absolute atomic E-state index is 14.0. The fraction of sp³-hybridized carbons (Fsp3) is 0.0784. The zero-order valence-corrected chi connectivity index (χ0v) is 35.7. The maximum atomic E-state index is 14.0. The monoisotopic (exact) mass is 874 g/mol. The van der Waals surface area contributed by atoms with Gasteiger partial charge in [0.05, 0.1) is 38.5 Å². The largest absolute Gasteiger partial charge is 0.438 e. The van der Waals surface area contributed by atoms with Crippen LogP contribution in [0.1, 0.15) is 45.3 Å². The van der Waals surface area contributed by atoms with Crippen LogP contribution in [0.15, 0.2) is 164 Å². The van der Waals surface area contributed by atoms with Gasteiger partial charge in [0.1, 0.15) is 23.2 Å². The Morgan fingerprint density at radius 3 is 2.17 bits per heavy atom. The van der Waals surface area contributed by atoms with Crippen LogP contribution in [0.25, 0.3) is 43.3 Å². The topological polar surface area (TPSA) is 166 Å². The van der Waals surface area contributed by atoms with Crippen LogP contribution < -0.4 is 20.1 Å². The molecule has 5 aromatic heterocycles. The smallest absolute Gasteiger partial charge is 0.257 e. The summed E-state index contributed by atoms with van der Waals surface area (Å²) >= 11 is 1.58. The molecular formula is C51H38N8O5S. The lowest BCUT2D eigenvalue weighted by Gasteiger charge is -2.24. The number of pyridine rings is 3. The lowest BCUT2D eigenvalue weighted by atomic mass is 10.00. The number of carbonyl (C=O) groups is 2. The van der Waals surface area contributed by atoms with Gasteiger partial charge in [0.25, 0.3) is 5.91 Å². The molecule has 1 amide bonds. The summed E-state index contributed by atoms with van der Waals surface area (Å²) in [5.74, 6) is 0.936. The summed E-state index contributed by atoms with van der Waals surface area (Å²) < 4.78 is 19.8. The molecule has 0 aliphatic carbocycles. The van der Waals surface area contributed by atoms with E-state index in [4.69, 9.17) is 24.2 Å². The molecule has 0 aliphatic rings. The van der Waals surface area contributed by atoms with Gasteiger partial charge in [-0.2, -0.15) is 0 Å². The summed E-state index contributed by atoms with van der Waals surface area (Å²) in [6.07, 6.45) is 2.61. The number of nitrogens with zero attached hydrogens (tertiary/aromatic N) is 5. The highest BCUT2D eigenvalue weighted by Gasteiger charge is 2.26. The molecule has 0 aliphatic heterocycles. The zero-order valence-electron chi connectivity index (χ0n) is 34.9. The average Bonchev–Trinajstić information content (AvgIpc) is 3.97. The van der Waals surface area contributed by atoms with Gasteiger partial charge >= 0.3 is 0 Å². The molecule has 10 rings (SSSR count). The predicted molar refractivity (Wildman–Crippen MR) is 251 cm³/mol. The van der Waals surface area contributed by atoms with Gasteiger partial charge in [0.2, 0.25) is 17.5 Å². The summed E-state index contributed by atoms with van der Waals surface area (Å²) in [5.41, 5.74) is 6.92. The SMILES string of the molecule is COC(c1ccc(-c2cccc3ncccc23)c(Oc2ccc(Nc3nc4ccccc4s3)cc2)n1)C(C)NC(=O)c1cccnc1Oc1ccc(C(=O)c2nc3ccccc3[nH]2)cc1. The Hall–Kier alpha value is -8.33. The number of imidazole rings is 1. The maximum Gasteiger partial charge on any atom is 0.257 e. The van der Waals surface area contributed by atoms with E-state index in [1.165, 1.54) is 0 Å². The number of carbonyl (C=O) groups excluding carboxylic acids is 2. The lowest BCUT2D eigenvalue weighted by molar-refractivity contribution is 0.0618. The van der Waals surface area contributed by atoms with Gasteiger partial charge in [0, 0.05) is 41.7 Å². The summed E-state index contributed by atoms with van der Waals surface area (Å²) in [4.78, 5) is 53.3. The van der Waals surface area contributed by atoms with E-state index in [1.807, 2.05) is 122 Å². The van der Waals surface area contributed by atoms with E-state index in [-0.39, 0.29) is 23.1 Å². The fourth-order valence-corrected chi connectivity index (χ4v) is 8.46. The Morgan fingerprint density at radius 1 is 0.646 bits per heavy atom. The molecule has 0 radical (unpaired) electrons. The number of anilines is 2. The number of ketones is 1. The first-order valence-electron chi connectivity index (χ1n) is 20.7. The minimum absolute atomic E-state index is 0.0894. The van der Waals surface area contributed by atoms with Crippen molar-refractivity contribution >= 4 is 66.0 Å². The lowest BCUT2D eigenvalue weighted by Crippen LogP contribution is -2.38. The molecule has 2 unspecified atom stereocenters. The first-order chi connectivity index (χ1) is 31.9. The molecule has 2 atom stereocenters. The molecule has 0 saturated carbocycles. The Kier molecular flexibility index (Phi) is 11.2. The van der Waals surface area contributed by atoms with Crippen molar-refractivity contribution in [3.05, 3.63) is 187 Å². The number of fused-ring (bicyclic) bond motifs is 3. The first kappa shape index (κ1) is 40.7. The second-order valence-corrected chi connectivity index (χ2v) is 16.1. The summed E-state index contributed by atoms with van der Waals surface area (Å²) in [5, 5.41) is 8.19. The molecule has 10 aromatic rings. The van der Waals surface area contributed by atoms with Crippen LogP contribution in [-0.2, 0) is 4.74 Å². The van der Waals surface area contributed by atoms with E-state index in [0.717, 1.165) is 48.6 Å². The average molecular weight is 875 g/mol. The van der Waals surface area contributed by atoms with Crippen molar-refractivity contribution in [2.45, 2.75) is 19.1 Å². The predicted octanol–water partition coefficient (Wildman–Crippen LogP) is 11.2. The molecule has 0 fully saturated rings. The Balaban J connectivity index is 0.878. The van der Waals surface area contributed by atoms with E-state index in [1.54, 1.807) is 67.2 Å². The van der Waals surface area contributed by atoms with Crippen LogP contribution >= 0.6 is 11.3 Å². The highest BCUT2D eigenvalue weighted by atomic mass is 32.1. The van der Waals surface area contributed by atoms with Crippen LogP contribution in [0, 0.1) is 0 Å². The third-order valence-corrected chi connectivity index (χ3v) is 11.7. The van der Waals surface area contributed by atoms with Crippen molar-refractivity contribution in [3.63, 3.8) is 0 Å². The van der Waals surface area contributed by atoms with Crippen LogP contribution in [0.3, 0.4) is 0 Å². The molecule has 0 spiro atoms. The number of rotatable bonds is 14. The van der Waals surface area contributed by atoms with E-state index in [9.17, 15) is 9.59 Å². The van der Waals surface area contributed by atoms with Crippen molar-refractivity contribution < 1.29 is 23.8 Å². The van der Waals surface area contributed by atoms with Crippen molar-refractivity contribution in [2.75, 3.05) is 12.4 Å². The minimum Gasteiger partial charge on any atom is -0.438 e. The summed E-state index contributed by atoms with van der Waals surface area (Å²) in [6, 6.07) is 46.0. The minimum atomic E-state index is -0.692. The second kappa shape index (κ2) is 17.8. The van der Waals surface area contributed by atoms with Gasteiger partial charge in [0.15, 0.2) is 11.0 Å². The number of methoxy groups -OCH3 is 1. The van der Waals surface area contributed by atoms with Crippen LogP contribution in [-0.4, -0.2) is 54.7 Å². The molecule has 318 valence electrons. The fourth-order valence-electron chi connectivity index (χ4n) is 7.57. The van der Waals surface area contributed by atoms with E-state index in [2.05, 4.69) is 30.6 Å². The second-order valence-electron chi connectivity index (χ2n) is 15.0. The Labute approximate surface area is 376 Å². The number of benzene rings is 5. The highest BCUT2D eigenvalue weighted by molar-refractivity contribution is 7.22. The number of nitrogens with one attached hydrogen (secondary N) is 3. The van der Waals surface area contributed by atoms with E-state index in [0.29, 0.717) is 34.2 Å². The van der Waals surface area contributed by atoms with Crippen LogP contribution in [0.2, 0.25) is 0 Å². The highest BCUT2D eigenvalue weighted by Crippen LogP contribution is 2.38. The number of aromatic nitrogens is 6. The molecule has 0 bridgehead atoms. The number of para-hydroxylation sites is 3. The molecule has 13 nitrogen and oxygen atoms in total. The van der Waals surface area contributed by atoms with Crippen molar-refractivity contribution in [1.82, 2.24) is 35.2 Å². The molecule has 0 saturated heterocycles. The van der Waals surface area contributed by atoms with Gasteiger partial charge < -0.3 is 29.8 Å². The van der Waals surface area contributed by atoms with E-state index >= 15 is 0 Å². The zero-order chi connectivity index (χ0) is 44.3. The standard InChI is InChI=1S/C51H38N8O5S/c1-30(54-48(61)38-12-9-29-53-49(38)63-33-22-18-31(19-23-33)45(60)47-56-40-13-3-4-14-41(40)57-47)46(62-2)43-27-26-37(35-10-7-16-39-36(35)11-8-28-52-39)50(58-43)64-34-24-20-32(21-25-34)55-51-59-42-15-5-6-17-44(42)65-51/h3-30,46H,1-2H3,(H,54,61)(H,55,59)(H,56,57). The Morgan fingerprint density at radius 2 is 1.37 bits per heavy atom. The normalized spacial score (nSPS) is 12.2. The number of H-pyrrole nitrogens is 1. The number of hydrogen-bond donors (Lipinski definition) is 3. The van der Waals surface area contributed by atoms with Crippen molar-refractivity contribution in [2.24, 2.45) is 0 Å². The van der Waals surface area contributed by atoms with Gasteiger partial charge in [-0.1, -0.05) is 53.8 Å². The Bertz CT molecular complexity index is 3280. The van der Waals surface area contributed by atoms with Crippen LogP contribution in [0.4, 0.5) is 10.8 Å². The van der Waals surface area contributed by atoms with Crippen LogP contribution in [0.5, 0.6) is 23.3 Å². The number of thiazole rings is 1. The third kappa shape index (κ3) is 8.58. The van der Waals surface area contributed by atoms with Gasteiger partial charge in [-0.15, -0.1) is 0 Å². The summed E-state index contributed by atoms with van der Waals surface area (Å²) in [6.45, 7) is 1.84. The van der Waals surface area contributed by atoms with Gasteiger partial charge in [-0.25, -0.2) is 19.9 Å². The van der Waals surface area contributed by atoms with Crippen molar-refractivity contribution in [3.8, 4) is 34.4 Å². The number of amides is 1. The molecular weight excluding hydrogens is 837 g/mol. The molecule has 5 heterocycles. The number of ether oxygens (including phenoxy) is 3. The first-order valence-corrected chi connectivity index (χ1v) is 21.5. The summed E-state index contributed by atoms with van der Waals surface area (Å²) in [7, 11) is 1.57. The molecule has 14 heteroatoms. The number of hydrogen-bond acceptors (Lipinski definition) is 12. The quantitative estimate of drug-likeness (QED) is 0.0890. The van der Waals surface area contributed by atoms with Gasteiger partial charge in [-0.3, -0.25) is 14.6 Å². The third-order valence-electron chi connectivity index (χ3n) is 10.7. The number of aromatic amines is 1. The van der Waals surface area contributed by atoms with E-state index < -0.39 is 18.1 Å².